The molecule has 136 valence electrons. The predicted molar refractivity (Wildman–Crippen MR) is 101 cm³/mol. The van der Waals surface area contributed by atoms with Crippen LogP contribution in [0.25, 0.3) is 11.4 Å². The topological polar surface area (TPSA) is 43.0 Å². The van der Waals surface area contributed by atoms with Gasteiger partial charge >= 0.3 is 0 Å². The Labute approximate surface area is 168 Å². The standard InChI is InChI=1S/C23H15N2O2.ClH/c26-22-18-13-7-8-14-19(18)23(27)21-20(22)24(16-9-3-1-4-10-16)15-25(21)17-11-5-2-6-12-17;/h1-15H;1H/q+1;/p-1. The van der Waals surface area contributed by atoms with Crippen molar-refractivity contribution in [2.75, 3.05) is 0 Å². The number of imidazole rings is 1. The Bertz CT molecular complexity index is 1110. The average molecular weight is 387 g/mol. The van der Waals surface area contributed by atoms with Crippen LogP contribution in [0.1, 0.15) is 32.1 Å². The number of carbonyl (C=O) groups excluding carboxylic acids is 2. The highest BCUT2D eigenvalue weighted by molar-refractivity contribution is 6.26. The quantitative estimate of drug-likeness (QED) is 0.415. The monoisotopic (exact) mass is 386 g/mol. The third kappa shape index (κ3) is 2.58. The van der Waals surface area contributed by atoms with Crippen LogP contribution in [0.4, 0.5) is 0 Å². The Morgan fingerprint density at radius 3 is 1.82 bits per heavy atom. The number of aromatic nitrogens is 2. The second kappa shape index (κ2) is 6.91. The molecule has 0 bridgehead atoms. The molecule has 1 aromatic heterocycles. The number of halogens is 1. The van der Waals surface area contributed by atoms with Gasteiger partial charge in [0.1, 0.15) is 11.4 Å². The van der Waals surface area contributed by atoms with E-state index in [1.165, 1.54) is 0 Å². The second-order valence-electron chi connectivity index (χ2n) is 6.43. The summed E-state index contributed by atoms with van der Waals surface area (Å²) in [5.74, 6) is -0.280. The summed E-state index contributed by atoms with van der Waals surface area (Å²) in [4.78, 5) is 26.6. The summed E-state index contributed by atoms with van der Waals surface area (Å²) < 4.78 is 3.61. The molecule has 0 fully saturated rings. The molecule has 4 aromatic rings. The van der Waals surface area contributed by atoms with Crippen molar-refractivity contribution < 1.29 is 26.6 Å². The zero-order valence-corrected chi connectivity index (χ0v) is 15.5. The fourth-order valence-electron chi connectivity index (χ4n) is 3.60. The van der Waals surface area contributed by atoms with Crippen LogP contribution >= 0.6 is 0 Å². The number of carbonyl (C=O) groups is 2. The summed E-state index contributed by atoms with van der Waals surface area (Å²) in [6.45, 7) is 0. The Balaban J connectivity index is 0.00000192. The maximum absolute atomic E-state index is 13.3. The number of benzene rings is 3. The molecule has 0 unspecified atom stereocenters. The number of hydrogen-bond donors (Lipinski definition) is 0. The molecule has 0 N–H and O–H groups in total. The summed E-state index contributed by atoms with van der Waals surface area (Å²) in [6, 6.07) is 26.2. The summed E-state index contributed by atoms with van der Waals surface area (Å²) in [7, 11) is 0. The third-order valence-electron chi connectivity index (χ3n) is 4.85. The maximum Gasteiger partial charge on any atom is 0.255 e. The van der Waals surface area contributed by atoms with Crippen LogP contribution in [0, 0.1) is 0 Å². The van der Waals surface area contributed by atoms with Crippen LogP contribution in [0.3, 0.4) is 0 Å². The number of ketones is 2. The first kappa shape index (κ1) is 17.9. The Morgan fingerprint density at radius 2 is 1.18 bits per heavy atom. The molecule has 0 radical (unpaired) electrons. The van der Waals surface area contributed by atoms with Gasteiger partial charge < -0.3 is 12.4 Å². The maximum atomic E-state index is 13.3. The van der Waals surface area contributed by atoms with Gasteiger partial charge in [-0.15, -0.1) is 0 Å². The molecule has 28 heavy (non-hydrogen) atoms. The van der Waals surface area contributed by atoms with Gasteiger partial charge in [-0.25, -0.2) is 0 Å². The largest absolute Gasteiger partial charge is 1.00 e. The molecule has 0 amide bonds. The fourth-order valence-corrected chi connectivity index (χ4v) is 3.60. The van der Waals surface area contributed by atoms with Gasteiger partial charge in [-0.05, 0) is 24.3 Å². The van der Waals surface area contributed by atoms with E-state index in [1.807, 2.05) is 67.0 Å². The van der Waals surface area contributed by atoms with Crippen molar-refractivity contribution in [3.8, 4) is 11.4 Å². The minimum Gasteiger partial charge on any atom is -1.00 e. The Hall–Kier alpha value is -3.50. The SMILES string of the molecule is O=C1c2ccccc2C(=O)c2c1n(-c1ccccc1)c[n+]2-c1ccccc1.[Cl-]. The molecule has 5 heteroatoms. The molecule has 1 aliphatic rings. The molecule has 0 saturated carbocycles. The highest BCUT2D eigenvalue weighted by Gasteiger charge is 2.41. The molecule has 5 rings (SSSR count). The van der Waals surface area contributed by atoms with Crippen LogP contribution in [-0.2, 0) is 0 Å². The highest BCUT2D eigenvalue weighted by atomic mass is 35.5. The molecule has 1 aliphatic carbocycles. The van der Waals surface area contributed by atoms with Crippen LogP contribution in [0.5, 0.6) is 0 Å². The number of para-hydroxylation sites is 2. The van der Waals surface area contributed by atoms with Gasteiger partial charge in [-0.1, -0.05) is 60.7 Å². The molecule has 4 nitrogen and oxygen atoms in total. The molecular formula is C23H15ClN2O2. The van der Waals surface area contributed by atoms with Gasteiger partial charge in [0.25, 0.3) is 6.33 Å². The van der Waals surface area contributed by atoms with E-state index >= 15 is 0 Å². The minimum atomic E-state index is -0.140. The summed E-state index contributed by atoms with van der Waals surface area (Å²) in [5.41, 5.74) is 3.37. The summed E-state index contributed by atoms with van der Waals surface area (Å²) >= 11 is 0. The van der Waals surface area contributed by atoms with Gasteiger partial charge in [0.15, 0.2) is 0 Å². The highest BCUT2D eigenvalue weighted by Crippen LogP contribution is 2.28. The van der Waals surface area contributed by atoms with Crippen LogP contribution in [-0.4, -0.2) is 16.1 Å². The predicted octanol–water partition coefficient (Wildman–Crippen LogP) is 0.533. The lowest BCUT2D eigenvalue weighted by Crippen LogP contribution is -3.00. The van der Waals surface area contributed by atoms with E-state index in [1.54, 1.807) is 33.4 Å². The van der Waals surface area contributed by atoms with Crippen molar-refractivity contribution >= 4 is 11.6 Å². The molecule has 3 aromatic carbocycles. The molecule has 1 heterocycles. The first-order valence-electron chi connectivity index (χ1n) is 8.72. The molecule has 0 atom stereocenters. The zero-order chi connectivity index (χ0) is 18.4. The lowest BCUT2D eigenvalue weighted by molar-refractivity contribution is -0.597. The molecule has 0 saturated heterocycles. The second-order valence-corrected chi connectivity index (χ2v) is 6.43. The van der Waals surface area contributed by atoms with Gasteiger partial charge in [-0.2, -0.15) is 9.13 Å². The van der Waals surface area contributed by atoms with Gasteiger partial charge in [-0.3, -0.25) is 9.59 Å². The van der Waals surface area contributed by atoms with E-state index < -0.39 is 0 Å². The van der Waals surface area contributed by atoms with Crippen molar-refractivity contribution in [1.29, 1.82) is 0 Å². The number of hydrogen-bond acceptors (Lipinski definition) is 2. The summed E-state index contributed by atoms with van der Waals surface area (Å²) in [5, 5.41) is 0. The molecule has 0 aliphatic heterocycles. The Kier molecular flexibility index (Phi) is 4.41. The van der Waals surface area contributed by atoms with E-state index in [0.29, 0.717) is 22.5 Å². The smallest absolute Gasteiger partial charge is 0.255 e. The first-order chi connectivity index (χ1) is 13.3. The fraction of sp³-hybridized carbons (Fsp3) is 0. The van der Waals surface area contributed by atoms with Crippen molar-refractivity contribution in [2.45, 2.75) is 0 Å². The van der Waals surface area contributed by atoms with E-state index in [0.717, 1.165) is 11.4 Å². The zero-order valence-electron chi connectivity index (χ0n) is 14.7. The number of nitrogens with zero attached hydrogens (tertiary/aromatic N) is 2. The van der Waals surface area contributed by atoms with E-state index in [-0.39, 0.29) is 24.0 Å². The van der Waals surface area contributed by atoms with E-state index in [9.17, 15) is 9.59 Å². The number of fused-ring (bicyclic) bond motifs is 2. The third-order valence-corrected chi connectivity index (χ3v) is 4.85. The number of rotatable bonds is 2. The lowest BCUT2D eigenvalue weighted by atomic mass is 9.89. The van der Waals surface area contributed by atoms with Crippen LogP contribution in [0.2, 0.25) is 0 Å². The minimum absolute atomic E-state index is 0. The van der Waals surface area contributed by atoms with Gasteiger partial charge in [0.05, 0.1) is 0 Å². The van der Waals surface area contributed by atoms with Crippen LogP contribution < -0.4 is 17.0 Å². The average Bonchev–Trinajstić information content (AvgIpc) is 3.14. The molecule has 0 spiro atoms. The van der Waals surface area contributed by atoms with Crippen molar-refractivity contribution in [3.63, 3.8) is 0 Å². The van der Waals surface area contributed by atoms with E-state index in [2.05, 4.69) is 0 Å². The van der Waals surface area contributed by atoms with E-state index in [4.69, 9.17) is 0 Å². The van der Waals surface area contributed by atoms with Crippen molar-refractivity contribution in [2.24, 2.45) is 0 Å². The van der Waals surface area contributed by atoms with Gasteiger partial charge in [0.2, 0.25) is 23.0 Å². The Morgan fingerprint density at radius 1 is 0.643 bits per heavy atom. The lowest BCUT2D eigenvalue weighted by Gasteiger charge is -2.12. The molecular weight excluding hydrogens is 372 g/mol. The van der Waals surface area contributed by atoms with Crippen molar-refractivity contribution in [1.82, 2.24) is 4.57 Å². The normalized spacial score (nSPS) is 12.1. The van der Waals surface area contributed by atoms with Crippen molar-refractivity contribution in [3.05, 3.63) is 114 Å². The van der Waals surface area contributed by atoms with Gasteiger partial charge in [0, 0.05) is 11.1 Å². The first-order valence-corrected chi connectivity index (χ1v) is 8.72. The van der Waals surface area contributed by atoms with Crippen LogP contribution in [0.15, 0.2) is 91.3 Å². The summed E-state index contributed by atoms with van der Waals surface area (Å²) in [6.07, 6.45) is 1.82.